The van der Waals surface area contributed by atoms with E-state index >= 15 is 0 Å². The van der Waals surface area contributed by atoms with Crippen molar-refractivity contribution in [2.75, 3.05) is 23.3 Å². The summed E-state index contributed by atoms with van der Waals surface area (Å²) in [6.07, 6.45) is 1.47. The molecule has 0 heterocycles. The highest BCUT2D eigenvalue weighted by molar-refractivity contribution is 7.92. The molecule has 0 aliphatic rings. The lowest BCUT2D eigenvalue weighted by molar-refractivity contribution is 0.102. The molecule has 3 rings (SSSR count). The average molecular weight is 457 g/mol. The predicted molar refractivity (Wildman–Crippen MR) is 124 cm³/mol. The van der Waals surface area contributed by atoms with Crippen LogP contribution in [-0.2, 0) is 10.0 Å². The summed E-state index contributed by atoms with van der Waals surface area (Å²) in [5.74, 6) is 0.146. The second-order valence-electron chi connectivity index (χ2n) is 6.49. The third-order valence-corrected chi connectivity index (χ3v) is 6.52. The Labute approximate surface area is 186 Å². The van der Waals surface area contributed by atoms with Gasteiger partial charge in [0.05, 0.1) is 29.3 Å². The minimum Gasteiger partial charge on any atom is -0.497 e. The van der Waals surface area contributed by atoms with Crippen LogP contribution in [0.1, 0.15) is 10.4 Å². The molecule has 0 unspecified atom stereocenters. The Hall–Kier alpha value is -3.29. The molecule has 0 saturated carbocycles. The SMILES string of the molecule is C=CCN(c1ccccc1Cl)S(=O)(=O)c1cccc(C(=O)Nc2cccc(OC)c2)c1. The van der Waals surface area contributed by atoms with Crippen molar-refractivity contribution in [3.8, 4) is 5.75 Å². The van der Waals surface area contributed by atoms with Crippen molar-refractivity contribution in [2.45, 2.75) is 4.90 Å². The molecule has 0 saturated heterocycles. The van der Waals surface area contributed by atoms with Crippen LogP contribution in [0.5, 0.6) is 5.75 Å². The quantitative estimate of drug-likeness (QED) is 0.485. The molecule has 1 N–H and O–H groups in total. The standard InChI is InChI=1S/C23H21ClN2O4S/c1-3-14-26(22-13-5-4-12-21(22)24)31(28,29)20-11-6-8-17(15-20)23(27)25-18-9-7-10-19(16-18)30-2/h3-13,15-16H,1,14H2,2H3,(H,25,27). The van der Waals surface area contributed by atoms with Gasteiger partial charge < -0.3 is 10.1 Å². The number of rotatable bonds is 8. The molecule has 0 bridgehead atoms. The van der Waals surface area contributed by atoms with Crippen LogP contribution in [0, 0.1) is 0 Å². The molecule has 0 radical (unpaired) electrons. The summed E-state index contributed by atoms with van der Waals surface area (Å²) in [5, 5.41) is 3.03. The third-order valence-electron chi connectivity index (χ3n) is 4.43. The number of nitrogens with one attached hydrogen (secondary N) is 1. The topological polar surface area (TPSA) is 75.7 Å². The number of benzene rings is 3. The van der Waals surface area contributed by atoms with Gasteiger partial charge in [-0.3, -0.25) is 9.10 Å². The van der Waals surface area contributed by atoms with E-state index in [1.54, 1.807) is 54.6 Å². The van der Waals surface area contributed by atoms with Gasteiger partial charge in [0.15, 0.2) is 0 Å². The summed E-state index contributed by atoms with van der Waals surface area (Å²) in [6.45, 7) is 3.67. The van der Waals surface area contributed by atoms with Gasteiger partial charge in [0.1, 0.15) is 5.75 Å². The second-order valence-corrected chi connectivity index (χ2v) is 8.76. The van der Waals surface area contributed by atoms with Gasteiger partial charge in [-0.05, 0) is 42.5 Å². The molecule has 8 heteroatoms. The van der Waals surface area contributed by atoms with Crippen LogP contribution in [0.3, 0.4) is 0 Å². The number of carbonyl (C=O) groups excluding carboxylic acids is 1. The molecule has 3 aromatic rings. The number of hydrogen-bond acceptors (Lipinski definition) is 4. The second kappa shape index (κ2) is 9.68. The van der Waals surface area contributed by atoms with E-state index in [4.69, 9.17) is 16.3 Å². The minimum atomic E-state index is -4.00. The van der Waals surface area contributed by atoms with Crippen LogP contribution in [0.15, 0.2) is 90.3 Å². The highest BCUT2D eigenvalue weighted by Gasteiger charge is 2.26. The van der Waals surface area contributed by atoms with Crippen LogP contribution < -0.4 is 14.4 Å². The zero-order valence-electron chi connectivity index (χ0n) is 16.8. The van der Waals surface area contributed by atoms with E-state index in [0.29, 0.717) is 22.1 Å². The summed E-state index contributed by atoms with van der Waals surface area (Å²) in [6, 6.07) is 19.3. The first kappa shape index (κ1) is 22.4. The molecule has 0 aliphatic heterocycles. The summed E-state index contributed by atoms with van der Waals surface area (Å²) >= 11 is 6.23. The normalized spacial score (nSPS) is 10.9. The van der Waals surface area contributed by atoms with Gasteiger partial charge in [-0.25, -0.2) is 8.42 Å². The highest BCUT2D eigenvalue weighted by atomic mass is 35.5. The maximum atomic E-state index is 13.4. The van der Waals surface area contributed by atoms with Gasteiger partial charge in [0.2, 0.25) is 0 Å². The van der Waals surface area contributed by atoms with E-state index in [-0.39, 0.29) is 17.0 Å². The molecule has 0 fully saturated rings. The molecule has 0 aromatic heterocycles. The molecular weight excluding hydrogens is 436 g/mol. The molecular formula is C23H21ClN2O4S. The largest absolute Gasteiger partial charge is 0.497 e. The van der Waals surface area contributed by atoms with Crippen LogP contribution in [0.25, 0.3) is 0 Å². The Balaban J connectivity index is 1.94. The molecule has 160 valence electrons. The number of amides is 1. The van der Waals surface area contributed by atoms with Crippen molar-refractivity contribution in [2.24, 2.45) is 0 Å². The van der Waals surface area contributed by atoms with Crippen molar-refractivity contribution in [1.82, 2.24) is 0 Å². The Morgan fingerprint density at radius 3 is 2.55 bits per heavy atom. The average Bonchev–Trinajstić information content (AvgIpc) is 2.78. The van der Waals surface area contributed by atoms with E-state index in [9.17, 15) is 13.2 Å². The van der Waals surface area contributed by atoms with E-state index in [0.717, 1.165) is 4.31 Å². The summed E-state index contributed by atoms with van der Waals surface area (Å²) in [4.78, 5) is 12.7. The van der Waals surface area contributed by atoms with E-state index in [2.05, 4.69) is 11.9 Å². The summed E-state index contributed by atoms with van der Waals surface area (Å²) < 4.78 is 33.0. The maximum Gasteiger partial charge on any atom is 0.264 e. The Morgan fingerprint density at radius 2 is 1.84 bits per heavy atom. The number of methoxy groups -OCH3 is 1. The fourth-order valence-corrected chi connectivity index (χ4v) is 4.71. The van der Waals surface area contributed by atoms with Gasteiger partial charge in [0, 0.05) is 17.3 Å². The zero-order chi connectivity index (χ0) is 22.4. The number of anilines is 2. The number of carbonyl (C=O) groups is 1. The first-order valence-electron chi connectivity index (χ1n) is 9.30. The number of ether oxygens (including phenoxy) is 1. The molecule has 0 atom stereocenters. The van der Waals surface area contributed by atoms with E-state index in [1.807, 2.05) is 0 Å². The van der Waals surface area contributed by atoms with Crippen LogP contribution in [0.2, 0.25) is 5.02 Å². The zero-order valence-corrected chi connectivity index (χ0v) is 18.4. The van der Waals surface area contributed by atoms with Crippen molar-refractivity contribution in [1.29, 1.82) is 0 Å². The molecule has 0 spiro atoms. The lowest BCUT2D eigenvalue weighted by Gasteiger charge is -2.24. The summed E-state index contributed by atoms with van der Waals surface area (Å²) in [7, 11) is -2.47. The van der Waals surface area contributed by atoms with Crippen molar-refractivity contribution < 1.29 is 17.9 Å². The highest BCUT2D eigenvalue weighted by Crippen LogP contribution is 2.30. The third kappa shape index (κ3) is 5.07. The van der Waals surface area contributed by atoms with Crippen molar-refractivity contribution in [3.05, 3.63) is 96.0 Å². The molecule has 31 heavy (non-hydrogen) atoms. The Kier molecular flexibility index (Phi) is 6.99. The van der Waals surface area contributed by atoms with Crippen LogP contribution in [-0.4, -0.2) is 28.0 Å². The van der Waals surface area contributed by atoms with Gasteiger partial charge >= 0.3 is 0 Å². The number of hydrogen-bond donors (Lipinski definition) is 1. The predicted octanol–water partition coefficient (Wildman–Crippen LogP) is 4.98. The van der Waals surface area contributed by atoms with Gasteiger partial charge in [-0.1, -0.05) is 41.9 Å². The molecule has 0 aliphatic carbocycles. The number of halogens is 1. The number of sulfonamides is 1. The molecule has 3 aromatic carbocycles. The maximum absolute atomic E-state index is 13.4. The number of para-hydroxylation sites is 1. The fraction of sp³-hybridized carbons (Fsp3) is 0.0870. The van der Waals surface area contributed by atoms with Crippen LogP contribution >= 0.6 is 11.6 Å². The van der Waals surface area contributed by atoms with E-state index < -0.39 is 15.9 Å². The first-order valence-corrected chi connectivity index (χ1v) is 11.1. The van der Waals surface area contributed by atoms with Gasteiger partial charge in [0.25, 0.3) is 15.9 Å². The van der Waals surface area contributed by atoms with Crippen molar-refractivity contribution in [3.63, 3.8) is 0 Å². The minimum absolute atomic E-state index is 0.0201. The van der Waals surface area contributed by atoms with E-state index in [1.165, 1.54) is 31.4 Å². The molecule has 1 amide bonds. The summed E-state index contributed by atoms with van der Waals surface area (Å²) in [5.41, 5.74) is 1.05. The van der Waals surface area contributed by atoms with Gasteiger partial charge in [-0.2, -0.15) is 0 Å². The first-order chi connectivity index (χ1) is 14.9. The van der Waals surface area contributed by atoms with Crippen LogP contribution in [0.4, 0.5) is 11.4 Å². The van der Waals surface area contributed by atoms with Crippen molar-refractivity contribution >= 4 is 38.9 Å². The fourth-order valence-electron chi connectivity index (χ4n) is 2.93. The van der Waals surface area contributed by atoms with Gasteiger partial charge in [-0.15, -0.1) is 6.58 Å². The lowest BCUT2D eigenvalue weighted by atomic mass is 10.2. The molecule has 6 nitrogen and oxygen atoms in total. The Bertz CT molecular complexity index is 1210. The Morgan fingerprint density at radius 1 is 1.10 bits per heavy atom. The lowest BCUT2D eigenvalue weighted by Crippen LogP contribution is -2.31. The smallest absolute Gasteiger partial charge is 0.264 e. The monoisotopic (exact) mass is 456 g/mol. The number of nitrogens with zero attached hydrogens (tertiary/aromatic N) is 1.